The zero-order valence-electron chi connectivity index (χ0n) is 13.6. The predicted molar refractivity (Wildman–Crippen MR) is 82.5 cm³/mol. The van der Waals surface area contributed by atoms with Crippen LogP contribution in [0, 0.1) is 41.4 Å². The summed E-state index contributed by atoms with van der Waals surface area (Å²) in [6.07, 6.45) is 7.15. The number of fused-ring (bicyclic) bond motifs is 9. The minimum Gasteiger partial charge on any atom is -0.456 e. The summed E-state index contributed by atoms with van der Waals surface area (Å²) in [7, 11) is 0. The highest BCUT2D eigenvalue weighted by molar-refractivity contribution is 5.87. The second kappa shape index (κ2) is 4.36. The maximum atomic E-state index is 12.0. The van der Waals surface area contributed by atoms with Crippen molar-refractivity contribution >= 4 is 5.97 Å². The van der Waals surface area contributed by atoms with Gasteiger partial charge in [0.05, 0.1) is 0 Å². The standard InChI is InChI=1S/C19H28O2/c1-10(2)18(20)21-19(3,4)15-9-13-8-14(15)17-12-6-5-11(7-12)16(13)17/h11-17H,1,5-9H2,2-4H3. The van der Waals surface area contributed by atoms with Crippen LogP contribution in [-0.2, 0) is 9.53 Å². The summed E-state index contributed by atoms with van der Waals surface area (Å²) in [5, 5.41) is 0. The molecule has 4 saturated carbocycles. The lowest BCUT2D eigenvalue weighted by Crippen LogP contribution is -2.44. The van der Waals surface area contributed by atoms with Gasteiger partial charge in [-0.2, -0.15) is 0 Å². The SMILES string of the molecule is C=C(C)C(=O)OC(C)(C)C1CC2CC1C1C3CCC(C3)C21. The molecule has 0 radical (unpaired) electrons. The van der Waals surface area contributed by atoms with Crippen molar-refractivity contribution in [2.75, 3.05) is 0 Å². The van der Waals surface area contributed by atoms with Crippen LogP contribution in [0.1, 0.15) is 52.9 Å². The molecule has 0 saturated heterocycles. The molecule has 4 fully saturated rings. The molecule has 21 heavy (non-hydrogen) atoms. The van der Waals surface area contributed by atoms with Crippen molar-refractivity contribution in [2.24, 2.45) is 41.4 Å². The fraction of sp³-hybridized carbons (Fsp3) is 0.842. The van der Waals surface area contributed by atoms with Crippen molar-refractivity contribution in [1.29, 1.82) is 0 Å². The third-order valence-corrected chi connectivity index (χ3v) is 7.33. The summed E-state index contributed by atoms with van der Waals surface area (Å²) in [5.74, 6) is 6.08. The van der Waals surface area contributed by atoms with Crippen molar-refractivity contribution in [3.63, 3.8) is 0 Å². The fourth-order valence-electron chi connectivity index (χ4n) is 6.77. The van der Waals surface area contributed by atoms with E-state index in [0.29, 0.717) is 11.5 Å². The molecule has 116 valence electrons. The molecule has 2 heteroatoms. The normalized spacial score (nSPS) is 46.7. The molecular weight excluding hydrogens is 260 g/mol. The smallest absolute Gasteiger partial charge is 0.333 e. The Morgan fingerprint density at radius 2 is 1.71 bits per heavy atom. The molecule has 0 aromatic rings. The first-order valence-electron chi connectivity index (χ1n) is 8.77. The van der Waals surface area contributed by atoms with Gasteiger partial charge >= 0.3 is 5.97 Å². The van der Waals surface area contributed by atoms with E-state index in [2.05, 4.69) is 20.4 Å². The van der Waals surface area contributed by atoms with Gasteiger partial charge in [0.15, 0.2) is 0 Å². The Kier molecular flexibility index (Phi) is 2.88. The van der Waals surface area contributed by atoms with Crippen molar-refractivity contribution in [3.05, 3.63) is 12.2 Å². The number of carbonyl (C=O) groups excluding carboxylic acids is 1. The lowest BCUT2D eigenvalue weighted by Gasteiger charge is -2.44. The summed E-state index contributed by atoms with van der Waals surface area (Å²) in [6.45, 7) is 9.72. The van der Waals surface area contributed by atoms with E-state index in [4.69, 9.17) is 4.74 Å². The van der Waals surface area contributed by atoms with Gasteiger partial charge in [-0.05, 0) is 88.4 Å². The maximum Gasteiger partial charge on any atom is 0.333 e. The summed E-state index contributed by atoms with van der Waals surface area (Å²) in [6, 6.07) is 0. The molecule has 4 rings (SSSR count). The van der Waals surface area contributed by atoms with Crippen molar-refractivity contribution in [2.45, 2.75) is 58.5 Å². The molecule has 7 atom stereocenters. The van der Waals surface area contributed by atoms with Gasteiger partial charge in [-0.3, -0.25) is 0 Å². The highest BCUT2D eigenvalue weighted by atomic mass is 16.6. The van der Waals surface area contributed by atoms with E-state index in [9.17, 15) is 4.79 Å². The Labute approximate surface area is 128 Å². The van der Waals surface area contributed by atoms with Gasteiger partial charge in [-0.1, -0.05) is 6.58 Å². The zero-order chi connectivity index (χ0) is 14.9. The van der Waals surface area contributed by atoms with Gasteiger partial charge in [0, 0.05) is 11.5 Å². The number of hydrogen-bond donors (Lipinski definition) is 0. The van der Waals surface area contributed by atoms with Crippen LogP contribution in [0.5, 0.6) is 0 Å². The minimum absolute atomic E-state index is 0.215. The first-order chi connectivity index (χ1) is 9.88. The van der Waals surface area contributed by atoms with Crippen molar-refractivity contribution in [3.8, 4) is 0 Å². The van der Waals surface area contributed by atoms with Crippen LogP contribution in [0.25, 0.3) is 0 Å². The lowest BCUT2D eigenvalue weighted by atomic mass is 9.64. The van der Waals surface area contributed by atoms with Gasteiger partial charge in [0.1, 0.15) is 5.60 Å². The monoisotopic (exact) mass is 288 g/mol. The summed E-state index contributed by atoms with van der Waals surface area (Å²) in [4.78, 5) is 12.0. The number of hydrogen-bond acceptors (Lipinski definition) is 2. The van der Waals surface area contributed by atoms with Gasteiger partial charge in [0.25, 0.3) is 0 Å². The minimum atomic E-state index is -0.331. The van der Waals surface area contributed by atoms with Crippen LogP contribution >= 0.6 is 0 Å². The number of ether oxygens (including phenoxy) is 1. The van der Waals surface area contributed by atoms with E-state index in [1.807, 2.05) is 0 Å². The molecule has 0 aromatic heterocycles. The molecular formula is C19H28O2. The highest BCUT2D eigenvalue weighted by Gasteiger charge is 2.64. The van der Waals surface area contributed by atoms with E-state index in [-0.39, 0.29) is 11.6 Å². The average molecular weight is 288 g/mol. The second-order valence-electron chi connectivity index (χ2n) is 8.76. The van der Waals surface area contributed by atoms with Gasteiger partial charge in [-0.15, -0.1) is 0 Å². The number of carbonyl (C=O) groups is 1. The summed E-state index contributed by atoms with van der Waals surface area (Å²) < 4.78 is 5.83. The van der Waals surface area contributed by atoms with Crippen LogP contribution in [0.15, 0.2) is 12.2 Å². The molecule has 0 spiro atoms. The number of rotatable bonds is 3. The van der Waals surface area contributed by atoms with E-state index < -0.39 is 0 Å². The highest BCUT2D eigenvalue weighted by Crippen LogP contribution is 2.70. The molecule has 0 N–H and O–H groups in total. The van der Waals surface area contributed by atoms with Crippen LogP contribution in [0.3, 0.4) is 0 Å². The largest absolute Gasteiger partial charge is 0.456 e. The second-order valence-corrected chi connectivity index (χ2v) is 8.76. The summed E-state index contributed by atoms with van der Waals surface area (Å²) >= 11 is 0. The average Bonchev–Trinajstić information content (AvgIpc) is 3.16. The molecule has 4 aliphatic rings. The van der Waals surface area contributed by atoms with Crippen molar-refractivity contribution in [1.82, 2.24) is 0 Å². The van der Waals surface area contributed by atoms with E-state index in [1.165, 1.54) is 32.1 Å². The van der Waals surface area contributed by atoms with Gasteiger partial charge < -0.3 is 4.74 Å². The first-order valence-corrected chi connectivity index (χ1v) is 8.77. The molecule has 0 aromatic carbocycles. The fourth-order valence-corrected chi connectivity index (χ4v) is 6.77. The molecule has 0 aliphatic heterocycles. The Bertz CT molecular complexity index is 492. The molecule has 0 heterocycles. The Hall–Kier alpha value is -0.790. The molecule has 2 nitrogen and oxygen atoms in total. The van der Waals surface area contributed by atoms with Gasteiger partial charge in [-0.25, -0.2) is 4.79 Å². The van der Waals surface area contributed by atoms with Crippen LogP contribution in [0.2, 0.25) is 0 Å². The van der Waals surface area contributed by atoms with Crippen LogP contribution in [0.4, 0.5) is 0 Å². The van der Waals surface area contributed by atoms with E-state index in [0.717, 1.165) is 35.5 Å². The topological polar surface area (TPSA) is 26.3 Å². The Morgan fingerprint density at radius 1 is 1.05 bits per heavy atom. The Balaban J connectivity index is 1.53. The molecule has 7 unspecified atom stereocenters. The number of esters is 1. The molecule has 4 aliphatic carbocycles. The van der Waals surface area contributed by atoms with E-state index >= 15 is 0 Å². The molecule has 0 amide bonds. The predicted octanol–water partition coefficient (Wildman–Crippen LogP) is 4.20. The van der Waals surface area contributed by atoms with E-state index in [1.54, 1.807) is 6.92 Å². The third kappa shape index (κ3) is 1.87. The van der Waals surface area contributed by atoms with Crippen molar-refractivity contribution < 1.29 is 9.53 Å². The van der Waals surface area contributed by atoms with Crippen LogP contribution in [-0.4, -0.2) is 11.6 Å². The quantitative estimate of drug-likeness (QED) is 0.442. The van der Waals surface area contributed by atoms with Gasteiger partial charge in [0.2, 0.25) is 0 Å². The first kappa shape index (κ1) is 13.8. The summed E-state index contributed by atoms with van der Waals surface area (Å²) in [5.41, 5.74) is 0.187. The lowest BCUT2D eigenvalue weighted by molar-refractivity contribution is -0.160. The third-order valence-electron chi connectivity index (χ3n) is 7.33. The molecule has 4 bridgehead atoms. The Morgan fingerprint density at radius 3 is 2.38 bits per heavy atom. The van der Waals surface area contributed by atoms with Crippen LogP contribution < -0.4 is 0 Å². The maximum absolute atomic E-state index is 12.0. The zero-order valence-corrected chi connectivity index (χ0v) is 13.6.